The zero-order valence-corrected chi connectivity index (χ0v) is 23.3. The number of aromatic nitrogens is 3. The van der Waals surface area contributed by atoms with E-state index in [1.165, 1.54) is 20.9 Å². The Morgan fingerprint density at radius 2 is 1.79 bits per heavy atom. The second-order valence-electron chi connectivity index (χ2n) is 9.74. The number of nitrogens with zero attached hydrogens (tertiary/aromatic N) is 6. The number of ether oxygens (including phenoxy) is 2. The predicted molar refractivity (Wildman–Crippen MR) is 155 cm³/mol. The fourth-order valence-corrected chi connectivity index (χ4v) is 4.63. The van der Waals surface area contributed by atoms with E-state index in [0.717, 1.165) is 11.1 Å². The Kier molecular flexibility index (Phi) is 9.32. The van der Waals surface area contributed by atoms with Gasteiger partial charge in [0.05, 0.1) is 18.8 Å². The van der Waals surface area contributed by atoms with E-state index in [1.807, 2.05) is 48.5 Å². The van der Waals surface area contributed by atoms with Gasteiger partial charge in [0.25, 0.3) is 5.91 Å². The molecule has 0 atom stereocenters. The van der Waals surface area contributed by atoms with E-state index >= 15 is 0 Å². The van der Waals surface area contributed by atoms with Crippen molar-refractivity contribution in [1.29, 1.82) is 0 Å². The topological polar surface area (TPSA) is 110 Å². The van der Waals surface area contributed by atoms with Gasteiger partial charge in [0.2, 0.25) is 11.8 Å². The molecule has 0 aliphatic carbocycles. The number of carbonyl (C=O) groups is 3. The molecule has 5 rings (SSSR count). The van der Waals surface area contributed by atoms with Crippen LogP contribution in [0.25, 0.3) is 5.82 Å². The zero-order valence-electron chi connectivity index (χ0n) is 23.3. The van der Waals surface area contributed by atoms with Crippen molar-refractivity contribution >= 4 is 23.4 Å². The molecule has 2 aromatic heterocycles. The SMILES string of the molecule is COCCN(COCc1ccccc1)C(=O)CN1Cc2ccccc2N(C(=O)c2ccc(-n3cccn3)nc2)CC1=O. The van der Waals surface area contributed by atoms with Crippen LogP contribution in [0, 0.1) is 0 Å². The van der Waals surface area contributed by atoms with Gasteiger partial charge in [-0.1, -0.05) is 48.5 Å². The highest BCUT2D eigenvalue weighted by Crippen LogP contribution is 2.27. The minimum absolute atomic E-state index is 0.0574. The van der Waals surface area contributed by atoms with Crippen molar-refractivity contribution in [3.8, 4) is 5.82 Å². The zero-order chi connectivity index (χ0) is 29.3. The summed E-state index contributed by atoms with van der Waals surface area (Å²) in [7, 11) is 1.56. The first-order valence-electron chi connectivity index (χ1n) is 13.6. The van der Waals surface area contributed by atoms with Crippen LogP contribution >= 0.6 is 0 Å². The third-order valence-electron chi connectivity index (χ3n) is 6.87. The molecule has 216 valence electrons. The molecule has 42 heavy (non-hydrogen) atoms. The number of carbonyl (C=O) groups excluding carboxylic acids is 3. The molecule has 0 saturated carbocycles. The minimum Gasteiger partial charge on any atom is -0.383 e. The summed E-state index contributed by atoms with van der Waals surface area (Å²) in [5.74, 6) is -0.408. The van der Waals surface area contributed by atoms with E-state index in [1.54, 1.807) is 48.5 Å². The minimum atomic E-state index is -0.362. The highest BCUT2D eigenvalue weighted by molar-refractivity contribution is 6.09. The lowest BCUT2D eigenvalue weighted by Gasteiger charge is -2.27. The standard InChI is InChI=1S/C31H32N6O5/c1-41-17-16-34(23-42-22-24-8-3-2-4-9-24)29(38)20-35-19-26-10-5-6-11-27(26)36(21-30(35)39)31(40)25-12-13-28(32-18-25)37-15-7-14-33-37/h2-15,18H,16-17,19-23H2,1H3. The van der Waals surface area contributed by atoms with Crippen LogP contribution in [-0.4, -0.2) is 82.4 Å². The fourth-order valence-electron chi connectivity index (χ4n) is 4.63. The summed E-state index contributed by atoms with van der Waals surface area (Å²) < 4.78 is 12.6. The molecule has 3 amide bonds. The molecule has 0 saturated heterocycles. The van der Waals surface area contributed by atoms with Crippen molar-refractivity contribution in [2.24, 2.45) is 0 Å². The summed E-state index contributed by atoms with van der Waals surface area (Å²) in [5, 5.41) is 4.16. The molecule has 0 bridgehead atoms. The Morgan fingerprint density at radius 1 is 0.976 bits per heavy atom. The molecule has 2 aromatic carbocycles. The smallest absolute Gasteiger partial charge is 0.260 e. The molecule has 11 nitrogen and oxygen atoms in total. The highest BCUT2D eigenvalue weighted by atomic mass is 16.5. The number of rotatable bonds is 11. The maximum Gasteiger partial charge on any atom is 0.260 e. The summed E-state index contributed by atoms with van der Waals surface area (Å²) in [6, 6.07) is 22.2. The third-order valence-corrected chi connectivity index (χ3v) is 6.87. The largest absolute Gasteiger partial charge is 0.383 e. The van der Waals surface area contributed by atoms with Crippen LogP contribution in [0.1, 0.15) is 21.5 Å². The van der Waals surface area contributed by atoms with Crippen molar-refractivity contribution in [1.82, 2.24) is 24.6 Å². The van der Waals surface area contributed by atoms with E-state index in [0.29, 0.717) is 36.8 Å². The maximum absolute atomic E-state index is 13.6. The van der Waals surface area contributed by atoms with Gasteiger partial charge in [-0.2, -0.15) is 5.10 Å². The number of methoxy groups -OCH3 is 1. The first-order valence-corrected chi connectivity index (χ1v) is 13.6. The first kappa shape index (κ1) is 28.7. The van der Waals surface area contributed by atoms with E-state index in [-0.39, 0.29) is 44.1 Å². The van der Waals surface area contributed by atoms with Gasteiger partial charge in [0.15, 0.2) is 5.82 Å². The van der Waals surface area contributed by atoms with E-state index in [9.17, 15) is 14.4 Å². The van der Waals surface area contributed by atoms with Crippen molar-refractivity contribution in [3.63, 3.8) is 0 Å². The lowest BCUT2D eigenvalue weighted by Crippen LogP contribution is -2.46. The number of fused-ring (bicyclic) bond motifs is 1. The number of hydrogen-bond acceptors (Lipinski definition) is 7. The number of hydrogen-bond donors (Lipinski definition) is 0. The van der Waals surface area contributed by atoms with Gasteiger partial charge in [-0.3, -0.25) is 19.3 Å². The number of benzene rings is 2. The average molecular weight is 569 g/mol. The van der Waals surface area contributed by atoms with Gasteiger partial charge in [0, 0.05) is 44.5 Å². The number of pyridine rings is 1. The molecule has 0 radical (unpaired) electrons. The molecular weight excluding hydrogens is 536 g/mol. The Labute approximate surface area is 243 Å². The van der Waals surface area contributed by atoms with Crippen LogP contribution in [0.15, 0.2) is 91.4 Å². The predicted octanol–water partition coefficient (Wildman–Crippen LogP) is 2.91. The van der Waals surface area contributed by atoms with Crippen LogP contribution in [0.2, 0.25) is 0 Å². The number of anilines is 1. The monoisotopic (exact) mass is 568 g/mol. The Bertz CT molecular complexity index is 1490. The van der Waals surface area contributed by atoms with Crippen molar-refractivity contribution < 1.29 is 23.9 Å². The lowest BCUT2D eigenvalue weighted by atomic mass is 10.1. The third kappa shape index (κ3) is 6.88. The summed E-state index contributed by atoms with van der Waals surface area (Å²) >= 11 is 0. The van der Waals surface area contributed by atoms with Crippen LogP contribution in [0.5, 0.6) is 0 Å². The Hall–Kier alpha value is -4.87. The summed E-state index contributed by atoms with van der Waals surface area (Å²) in [4.78, 5) is 49.3. The maximum atomic E-state index is 13.6. The van der Waals surface area contributed by atoms with Crippen LogP contribution in [-0.2, 0) is 32.2 Å². The second kappa shape index (κ2) is 13.7. The van der Waals surface area contributed by atoms with Crippen LogP contribution < -0.4 is 4.90 Å². The molecule has 0 unspecified atom stereocenters. The fraction of sp³-hybridized carbons (Fsp3) is 0.258. The second-order valence-corrected chi connectivity index (χ2v) is 9.74. The molecule has 3 heterocycles. The van der Waals surface area contributed by atoms with Gasteiger partial charge in [-0.25, -0.2) is 9.67 Å². The summed E-state index contributed by atoms with van der Waals surface area (Å²) in [6.45, 7) is 0.857. The molecule has 1 aliphatic heterocycles. The number of para-hydroxylation sites is 1. The summed E-state index contributed by atoms with van der Waals surface area (Å²) in [6.07, 6.45) is 4.88. The molecule has 0 N–H and O–H groups in total. The quantitative estimate of drug-likeness (QED) is 0.256. The van der Waals surface area contributed by atoms with Gasteiger partial charge < -0.3 is 19.3 Å². The van der Waals surface area contributed by atoms with E-state index in [4.69, 9.17) is 9.47 Å². The molecule has 11 heteroatoms. The van der Waals surface area contributed by atoms with Gasteiger partial charge in [0.1, 0.15) is 19.8 Å². The summed E-state index contributed by atoms with van der Waals surface area (Å²) in [5.41, 5.74) is 2.70. The molecule has 1 aliphatic rings. The Balaban J connectivity index is 1.29. The van der Waals surface area contributed by atoms with Crippen molar-refractivity contribution in [2.75, 3.05) is 45.0 Å². The van der Waals surface area contributed by atoms with Crippen molar-refractivity contribution in [3.05, 3.63) is 108 Å². The first-order chi connectivity index (χ1) is 20.5. The van der Waals surface area contributed by atoms with E-state index < -0.39 is 0 Å². The van der Waals surface area contributed by atoms with Crippen molar-refractivity contribution in [2.45, 2.75) is 13.2 Å². The normalized spacial score (nSPS) is 13.0. The van der Waals surface area contributed by atoms with Gasteiger partial charge in [-0.05, 0) is 35.4 Å². The van der Waals surface area contributed by atoms with Crippen LogP contribution in [0.3, 0.4) is 0 Å². The van der Waals surface area contributed by atoms with E-state index in [2.05, 4.69) is 10.1 Å². The van der Waals surface area contributed by atoms with Gasteiger partial charge >= 0.3 is 0 Å². The lowest BCUT2D eigenvalue weighted by molar-refractivity contribution is -0.144. The molecule has 4 aromatic rings. The molecular formula is C31H32N6O5. The van der Waals surface area contributed by atoms with Gasteiger partial charge in [-0.15, -0.1) is 0 Å². The average Bonchev–Trinajstić information content (AvgIpc) is 3.52. The van der Waals surface area contributed by atoms with Crippen LogP contribution in [0.4, 0.5) is 5.69 Å². The molecule has 0 fully saturated rings. The highest BCUT2D eigenvalue weighted by Gasteiger charge is 2.31. The Morgan fingerprint density at radius 3 is 2.52 bits per heavy atom. The molecule has 0 spiro atoms. The number of amides is 3.